The van der Waals surface area contributed by atoms with Crippen LogP contribution >= 0.6 is 12.2 Å². The van der Waals surface area contributed by atoms with Crippen molar-refractivity contribution in [3.05, 3.63) is 35.4 Å². The van der Waals surface area contributed by atoms with E-state index in [2.05, 4.69) is 15.8 Å². The zero-order valence-corrected chi connectivity index (χ0v) is 12.5. The Bertz CT molecular complexity index is 525. The van der Waals surface area contributed by atoms with Crippen LogP contribution < -0.4 is 10.7 Å². The number of nitrogens with one attached hydrogen (secondary N) is 2. The van der Waals surface area contributed by atoms with Gasteiger partial charge in [-0.3, -0.25) is 5.43 Å². The molecule has 8 heteroatoms. The van der Waals surface area contributed by atoms with Crippen molar-refractivity contribution in [2.24, 2.45) is 5.10 Å². The zero-order valence-electron chi connectivity index (χ0n) is 11.7. The lowest BCUT2D eigenvalue weighted by atomic mass is 10.1. The van der Waals surface area contributed by atoms with E-state index in [0.717, 1.165) is 31.6 Å². The molecule has 1 aromatic rings. The third-order valence-electron chi connectivity index (χ3n) is 3.13. The summed E-state index contributed by atoms with van der Waals surface area (Å²) in [6.45, 7) is 1.39. The van der Waals surface area contributed by atoms with Gasteiger partial charge in [0.15, 0.2) is 5.11 Å². The molecule has 0 unspecified atom stereocenters. The second-order valence-corrected chi connectivity index (χ2v) is 5.24. The third kappa shape index (κ3) is 5.27. The summed E-state index contributed by atoms with van der Waals surface area (Å²) in [6.07, 6.45) is -0.705. The molecule has 1 aliphatic heterocycles. The summed E-state index contributed by atoms with van der Waals surface area (Å²) in [6, 6.07) is 4.71. The first-order chi connectivity index (χ1) is 10.4. The number of thiocarbonyl (C=S) groups is 1. The Balaban J connectivity index is 1.75. The smallest absolute Gasteiger partial charge is 0.376 e. The summed E-state index contributed by atoms with van der Waals surface area (Å²) in [4.78, 5) is 0. The van der Waals surface area contributed by atoms with E-state index in [0.29, 0.717) is 17.2 Å². The standard InChI is InChI=1S/C14H16F3N3OS/c15-14(16,17)11-5-3-10(4-6-11)8-19-20-13(22)18-9-12-2-1-7-21-12/h3-6,8,12H,1-2,7,9H2,(H2,18,20,22)/b19-8-/t12-/m0/s1. The first kappa shape index (κ1) is 16.7. The molecule has 0 aliphatic carbocycles. The highest BCUT2D eigenvalue weighted by Gasteiger charge is 2.29. The SMILES string of the molecule is FC(F)(F)c1ccc(/C=N\NC(=S)NC[C@@H]2CCCO2)cc1. The number of hydrogen-bond acceptors (Lipinski definition) is 3. The lowest BCUT2D eigenvalue weighted by molar-refractivity contribution is -0.137. The number of ether oxygens (including phenoxy) is 1. The molecule has 0 amide bonds. The van der Waals surface area contributed by atoms with Crippen LogP contribution in [-0.4, -0.2) is 30.6 Å². The van der Waals surface area contributed by atoms with Crippen molar-refractivity contribution in [2.75, 3.05) is 13.2 Å². The summed E-state index contributed by atoms with van der Waals surface area (Å²) in [5.74, 6) is 0. The number of alkyl halides is 3. The molecule has 0 bridgehead atoms. The molecule has 2 N–H and O–H groups in total. The average Bonchev–Trinajstić information content (AvgIpc) is 2.98. The second kappa shape index (κ2) is 7.55. The van der Waals surface area contributed by atoms with E-state index in [1.54, 1.807) is 0 Å². The number of rotatable bonds is 4. The lowest BCUT2D eigenvalue weighted by Crippen LogP contribution is -2.37. The van der Waals surface area contributed by atoms with Crippen LogP contribution in [0.3, 0.4) is 0 Å². The van der Waals surface area contributed by atoms with Gasteiger partial charge in [0.05, 0.1) is 17.9 Å². The Morgan fingerprint density at radius 3 is 2.68 bits per heavy atom. The van der Waals surface area contributed by atoms with Crippen LogP contribution in [0.25, 0.3) is 0 Å². The van der Waals surface area contributed by atoms with E-state index in [9.17, 15) is 13.2 Å². The quantitative estimate of drug-likeness (QED) is 0.506. The Hall–Kier alpha value is -1.67. The van der Waals surface area contributed by atoms with E-state index in [4.69, 9.17) is 17.0 Å². The number of halogens is 3. The summed E-state index contributed by atoms with van der Waals surface area (Å²) < 4.78 is 42.7. The van der Waals surface area contributed by atoms with Crippen LogP contribution in [0.4, 0.5) is 13.2 Å². The molecular weight excluding hydrogens is 315 g/mol. The fourth-order valence-electron chi connectivity index (χ4n) is 1.97. The first-order valence-corrected chi connectivity index (χ1v) is 7.22. The molecule has 0 radical (unpaired) electrons. The van der Waals surface area contributed by atoms with Gasteiger partial charge in [-0.05, 0) is 42.8 Å². The summed E-state index contributed by atoms with van der Waals surface area (Å²) in [5, 5.41) is 7.20. The van der Waals surface area contributed by atoms with Gasteiger partial charge in [-0.15, -0.1) is 0 Å². The molecule has 1 atom stereocenters. The number of hydrazone groups is 1. The monoisotopic (exact) mass is 331 g/mol. The van der Waals surface area contributed by atoms with Crippen molar-refractivity contribution in [1.29, 1.82) is 0 Å². The van der Waals surface area contributed by atoms with Gasteiger partial charge >= 0.3 is 6.18 Å². The van der Waals surface area contributed by atoms with Gasteiger partial charge in [0.1, 0.15) is 0 Å². The maximum absolute atomic E-state index is 12.4. The molecular formula is C14H16F3N3OS. The van der Waals surface area contributed by atoms with Crippen LogP contribution in [0.1, 0.15) is 24.0 Å². The third-order valence-corrected chi connectivity index (χ3v) is 3.37. The van der Waals surface area contributed by atoms with E-state index >= 15 is 0 Å². The van der Waals surface area contributed by atoms with E-state index < -0.39 is 11.7 Å². The normalized spacial score (nSPS) is 18.6. The molecule has 0 saturated carbocycles. The van der Waals surface area contributed by atoms with Crippen LogP contribution in [0.15, 0.2) is 29.4 Å². The number of benzene rings is 1. The molecule has 1 aromatic carbocycles. The van der Waals surface area contributed by atoms with Gasteiger partial charge in [0.2, 0.25) is 0 Å². The van der Waals surface area contributed by atoms with Crippen molar-refractivity contribution in [2.45, 2.75) is 25.1 Å². The van der Waals surface area contributed by atoms with Crippen molar-refractivity contribution in [3.63, 3.8) is 0 Å². The van der Waals surface area contributed by atoms with E-state index in [-0.39, 0.29) is 6.10 Å². The van der Waals surface area contributed by atoms with Crippen LogP contribution in [0.2, 0.25) is 0 Å². The predicted octanol–water partition coefficient (Wildman–Crippen LogP) is 2.68. The van der Waals surface area contributed by atoms with Gasteiger partial charge in [-0.2, -0.15) is 18.3 Å². The second-order valence-electron chi connectivity index (χ2n) is 4.83. The van der Waals surface area contributed by atoms with Crippen LogP contribution in [0.5, 0.6) is 0 Å². The van der Waals surface area contributed by atoms with Crippen molar-refractivity contribution in [1.82, 2.24) is 10.7 Å². The molecule has 0 spiro atoms. The highest BCUT2D eigenvalue weighted by atomic mass is 32.1. The molecule has 1 fully saturated rings. The Morgan fingerprint density at radius 1 is 1.36 bits per heavy atom. The van der Waals surface area contributed by atoms with Gasteiger partial charge in [-0.1, -0.05) is 12.1 Å². The van der Waals surface area contributed by atoms with Gasteiger partial charge in [-0.25, -0.2) is 0 Å². The predicted molar refractivity (Wildman–Crippen MR) is 81.7 cm³/mol. The molecule has 2 rings (SSSR count). The van der Waals surface area contributed by atoms with Gasteiger partial charge in [0.25, 0.3) is 0 Å². The lowest BCUT2D eigenvalue weighted by Gasteiger charge is -2.11. The maximum atomic E-state index is 12.4. The summed E-state index contributed by atoms with van der Waals surface area (Å²) >= 11 is 5.03. The highest BCUT2D eigenvalue weighted by Crippen LogP contribution is 2.28. The maximum Gasteiger partial charge on any atom is 0.416 e. The number of hydrogen-bond donors (Lipinski definition) is 2. The van der Waals surface area contributed by atoms with Gasteiger partial charge < -0.3 is 10.1 Å². The van der Waals surface area contributed by atoms with Crippen molar-refractivity contribution < 1.29 is 17.9 Å². The molecule has 4 nitrogen and oxygen atoms in total. The molecule has 1 aliphatic rings. The Morgan fingerprint density at radius 2 is 2.09 bits per heavy atom. The summed E-state index contributed by atoms with van der Waals surface area (Å²) in [7, 11) is 0. The average molecular weight is 331 g/mol. The molecule has 1 heterocycles. The molecule has 1 saturated heterocycles. The highest BCUT2D eigenvalue weighted by molar-refractivity contribution is 7.80. The Labute approximate surface area is 131 Å². The largest absolute Gasteiger partial charge is 0.416 e. The van der Waals surface area contributed by atoms with E-state index in [1.165, 1.54) is 18.3 Å². The van der Waals surface area contributed by atoms with Crippen molar-refractivity contribution >= 4 is 23.5 Å². The zero-order chi connectivity index (χ0) is 16.0. The molecule has 0 aromatic heterocycles. The van der Waals surface area contributed by atoms with Crippen LogP contribution in [0, 0.1) is 0 Å². The Kier molecular flexibility index (Phi) is 5.73. The van der Waals surface area contributed by atoms with Crippen LogP contribution in [-0.2, 0) is 10.9 Å². The van der Waals surface area contributed by atoms with E-state index in [1.807, 2.05) is 0 Å². The minimum atomic E-state index is -4.33. The topological polar surface area (TPSA) is 45.7 Å². The van der Waals surface area contributed by atoms with Crippen molar-refractivity contribution in [3.8, 4) is 0 Å². The molecule has 22 heavy (non-hydrogen) atoms. The molecule has 120 valence electrons. The fourth-order valence-corrected chi connectivity index (χ4v) is 2.11. The van der Waals surface area contributed by atoms with Gasteiger partial charge in [0, 0.05) is 13.2 Å². The first-order valence-electron chi connectivity index (χ1n) is 6.81. The summed E-state index contributed by atoms with van der Waals surface area (Å²) in [5.41, 5.74) is 2.47. The minimum Gasteiger partial charge on any atom is -0.376 e. The number of nitrogens with zero attached hydrogens (tertiary/aromatic N) is 1. The fraction of sp³-hybridized carbons (Fsp3) is 0.429. The minimum absolute atomic E-state index is 0.165.